The highest BCUT2D eigenvalue weighted by atomic mass is 16.5. The Bertz CT molecular complexity index is 901. The molecule has 0 unspecified atom stereocenters. The number of carbonyl (C=O) groups excluding carboxylic acids is 3. The monoisotopic (exact) mass is 324 g/mol. The van der Waals surface area contributed by atoms with E-state index in [2.05, 4.69) is 10.1 Å². The number of hydrogen-bond donors (Lipinski definition) is 1. The number of fused-ring (bicyclic) bond motifs is 1. The van der Waals surface area contributed by atoms with Crippen LogP contribution in [0, 0.1) is 22.7 Å². The number of methoxy groups -OCH3 is 1. The number of benzene rings is 1. The number of para-hydroxylation sites is 1. The van der Waals surface area contributed by atoms with Gasteiger partial charge in [-0.2, -0.15) is 10.5 Å². The van der Waals surface area contributed by atoms with Gasteiger partial charge in [0.2, 0.25) is 0 Å². The van der Waals surface area contributed by atoms with E-state index >= 15 is 0 Å². The van der Waals surface area contributed by atoms with Gasteiger partial charge in [-0.1, -0.05) is 18.2 Å². The van der Waals surface area contributed by atoms with Gasteiger partial charge in [0.1, 0.15) is 6.04 Å². The molecule has 0 radical (unpaired) electrons. The first-order valence-electron chi connectivity index (χ1n) is 6.83. The van der Waals surface area contributed by atoms with Gasteiger partial charge < -0.3 is 10.1 Å². The first-order chi connectivity index (χ1) is 11.5. The summed E-state index contributed by atoms with van der Waals surface area (Å²) < 4.78 is 5.80. The second kappa shape index (κ2) is 7.07. The minimum absolute atomic E-state index is 0.00627. The highest BCUT2D eigenvalue weighted by Gasteiger charge is 2.24. The molecule has 24 heavy (non-hydrogen) atoms. The minimum Gasteiger partial charge on any atom is -0.467 e. The largest absolute Gasteiger partial charge is 0.467 e. The number of esters is 1. The van der Waals surface area contributed by atoms with Crippen LogP contribution in [0.5, 0.6) is 0 Å². The number of nitriles is 2. The summed E-state index contributed by atoms with van der Waals surface area (Å²) in [5.74, 6) is -2.46. The number of nitrogens with one attached hydrogen (secondary N) is 1. The average Bonchev–Trinajstić information content (AvgIpc) is 2.98. The number of nitrogens with zero attached hydrogens (tertiary/aromatic N) is 3. The zero-order valence-corrected chi connectivity index (χ0v) is 12.6. The molecule has 0 saturated carbocycles. The average molecular weight is 324 g/mol. The van der Waals surface area contributed by atoms with E-state index in [1.54, 1.807) is 24.3 Å². The van der Waals surface area contributed by atoms with Gasteiger partial charge in [-0.05, 0) is 11.6 Å². The van der Waals surface area contributed by atoms with E-state index in [-0.39, 0.29) is 6.42 Å². The molecular formula is C16H12N4O4. The van der Waals surface area contributed by atoms with Crippen LogP contribution in [0.4, 0.5) is 0 Å². The number of ether oxygens (including phenoxy) is 1. The zero-order valence-electron chi connectivity index (χ0n) is 12.6. The van der Waals surface area contributed by atoms with Crippen molar-refractivity contribution in [2.45, 2.75) is 12.5 Å². The normalized spacial score (nSPS) is 11.1. The Morgan fingerprint density at radius 3 is 2.58 bits per heavy atom. The lowest BCUT2D eigenvalue weighted by Crippen LogP contribution is -2.42. The fourth-order valence-electron chi connectivity index (χ4n) is 2.38. The van der Waals surface area contributed by atoms with Gasteiger partial charge in [-0.15, -0.1) is 0 Å². The molecule has 1 heterocycles. The number of rotatable bonds is 4. The van der Waals surface area contributed by atoms with Crippen LogP contribution in [-0.4, -0.2) is 35.5 Å². The van der Waals surface area contributed by atoms with E-state index in [9.17, 15) is 14.4 Å². The SMILES string of the molecule is COC(=O)[C@H](Cc1cn(C(=O)C#N)c2ccccc12)NC(=O)C#N. The highest BCUT2D eigenvalue weighted by Crippen LogP contribution is 2.22. The first kappa shape index (κ1) is 16.7. The number of carbonyl (C=O) groups is 3. The van der Waals surface area contributed by atoms with E-state index in [4.69, 9.17) is 10.5 Å². The molecule has 1 aromatic heterocycles. The number of amides is 1. The standard InChI is InChI=1S/C16H12N4O4/c1-24-16(23)12(19-14(21)7-17)6-10-9-20(15(22)8-18)13-5-3-2-4-11(10)13/h2-5,9,12H,6H2,1H3,(H,19,21)/t12-/m0/s1. The van der Waals surface area contributed by atoms with Crippen molar-refractivity contribution in [1.29, 1.82) is 10.5 Å². The van der Waals surface area contributed by atoms with Crippen LogP contribution in [0.3, 0.4) is 0 Å². The van der Waals surface area contributed by atoms with Gasteiger partial charge in [-0.3, -0.25) is 14.2 Å². The highest BCUT2D eigenvalue weighted by molar-refractivity contribution is 6.01. The van der Waals surface area contributed by atoms with Crippen molar-refractivity contribution < 1.29 is 19.1 Å². The van der Waals surface area contributed by atoms with Crippen LogP contribution in [-0.2, 0) is 20.7 Å². The van der Waals surface area contributed by atoms with Crippen molar-refractivity contribution in [3.8, 4) is 12.1 Å². The van der Waals surface area contributed by atoms with E-state index in [1.165, 1.54) is 22.9 Å². The fourth-order valence-corrected chi connectivity index (χ4v) is 2.38. The van der Waals surface area contributed by atoms with Crippen molar-refractivity contribution >= 4 is 28.7 Å². The van der Waals surface area contributed by atoms with Gasteiger partial charge in [0.15, 0.2) is 12.1 Å². The van der Waals surface area contributed by atoms with Gasteiger partial charge in [0.05, 0.1) is 12.6 Å². The third kappa shape index (κ3) is 3.23. The molecule has 1 atom stereocenters. The van der Waals surface area contributed by atoms with Crippen LogP contribution in [0.25, 0.3) is 10.9 Å². The summed E-state index contributed by atoms with van der Waals surface area (Å²) >= 11 is 0. The van der Waals surface area contributed by atoms with Crippen molar-refractivity contribution in [2.75, 3.05) is 7.11 Å². The molecule has 1 amide bonds. The summed E-state index contributed by atoms with van der Waals surface area (Å²) in [5, 5.41) is 20.3. The Morgan fingerprint density at radius 1 is 1.25 bits per heavy atom. The summed E-state index contributed by atoms with van der Waals surface area (Å²) in [5.41, 5.74) is 1.07. The summed E-state index contributed by atoms with van der Waals surface area (Å²) in [6.45, 7) is 0. The Kier molecular flexibility index (Phi) is 4.93. The third-order valence-corrected chi connectivity index (χ3v) is 3.43. The molecule has 0 aliphatic rings. The van der Waals surface area contributed by atoms with Crippen LogP contribution in [0.2, 0.25) is 0 Å². The van der Waals surface area contributed by atoms with Gasteiger partial charge >= 0.3 is 17.8 Å². The number of hydrogen-bond acceptors (Lipinski definition) is 6. The lowest BCUT2D eigenvalue weighted by Gasteiger charge is -2.14. The summed E-state index contributed by atoms with van der Waals surface area (Å²) in [4.78, 5) is 34.8. The second-order valence-corrected chi connectivity index (χ2v) is 4.82. The molecule has 0 saturated heterocycles. The summed E-state index contributed by atoms with van der Waals surface area (Å²) in [7, 11) is 1.16. The maximum Gasteiger partial charge on any atom is 0.333 e. The molecule has 120 valence electrons. The Balaban J connectivity index is 2.45. The predicted molar refractivity (Wildman–Crippen MR) is 81.4 cm³/mol. The number of aromatic nitrogens is 1. The molecular weight excluding hydrogens is 312 g/mol. The molecule has 0 spiro atoms. The molecule has 0 aliphatic carbocycles. The quantitative estimate of drug-likeness (QED) is 0.646. The molecule has 0 fully saturated rings. The smallest absolute Gasteiger partial charge is 0.333 e. The molecule has 2 aromatic rings. The van der Waals surface area contributed by atoms with Gasteiger partial charge in [0.25, 0.3) is 0 Å². The van der Waals surface area contributed by atoms with E-state index in [0.29, 0.717) is 16.5 Å². The van der Waals surface area contributed by atoms with E-state index in [1.807, 2.05) is 0 Å². The van der Waals surface area contributed by atoms with Crippen molar-refractivity contribution in [3.63, 3.8) is 0 Å². The molecule has 1 aromatic carbocycles. The van der Waals surface area contributed by atoms with Gasteiger partial charge in [0, 0.05) is 18.0 Å². The Morgan fingerprint density at radius 2 is 1.96 bits per heavy atom. The summed E-state index contributed by atoms with van der Waals surface area (Å²) in [6.07, 6.45) is 1.44. The minimum atomic E-state index is -1.08. The zero-order chi connectivity index (χ0) is 17.7. The van der Waals surface area contributed by atoms with Crippen molar-refractivity contribution in [1.82, 2.24) is 9.88 Å². The molecule has 0 bridgehead atoms. The maximum atomic E-state index is 11.8. The fraction of sp³-hybridized carbons (Fsp3) is 0.188. The molecule has 1 N–H and O–H groups in total. The third-order valence-electron chi connectivity index (χ3n) is 3.43. The van der Waals surface area contributed by atoms with E-state index in [0.717, 1.165) is 7.11 Å². The lowest BCUT2D eigenvalue weighted by atomic mass is 10.0. The predicted octanol–water partition coefficient (Wildman–Crippen LogP) is 0.529. The van der Waals surface area contributed by atoms with Crippen LogP contribution in [0.1, 0.15) is 10.4 Å². The Hall–Kier alpha value is -3.65. The van der Waals surface area contributed by atoms with E-state index < -0.39 is 23.8 Å². The first-order valence-corrected chi connectivity index (χ1v) is 6.83. The Labute approximate surface area is 136 Å². The molecule has 0 aliphatic heterocycles. The van der Waals surface area contributed by atoms with Gasteiger partial charge in [-0.25, -0.2) is 4.79 Å². The lowest BCUT2D eigenvalue weighted by molar-refractivity contribution is -0.144. The van der Waals surface area contributed by atoms with Crippen molar-refractivity contribution in [2.24, 2.45) is 0 Å². The second-order valence-electron chi connectivity index (χ2n) is 4.82. The molecule has 2 rings (SSSR count). The van der Waals surface area contributed by atoms with Crippen LogP contribution >= 0.6 is 0 Å². The van der Waals surface area contributed by atoms with Crippen molar-refractivity contribution in [3.05, 3.63) is 36.0 Å². The maximum absolute atomic E-state index is 11.8. The summed E-state index contributed by atoms with van der Waals surface area (Å²) in [6, 6.07) is 8.67. The topological polar surface area (TPSA) is 125 Å². The molecule has 8 nitrogen and oxygen atoms in total. The van der Waals surface area contributed by atoms with Crippen LogP contribution < -0.4 is 5.32 Å². The molecule has 8 heteroatoms. The van der Waals surface area contributed by atoms with Crippen LogP contribution in [0.15, 0.2) is 30.5 Å².